The number of aryl methyl sites for hydroxylation is 1. The lowest BCUT2D eigenvalue weighted by Crippen LogP contribution is -2.32. The maximum Gasteiger partial charge on any atom is 0.151 e. The van der Waals surface area contributed by atoms with Gasteiger partial charge in [-0.25, -0.2) is 8.42 Å². The van der Waals surface area contributed by atoms with Gasteiger partial charge in [-0.3, -0.25) is 4.90 Å². The fourth-order valence-electron chi connectivity index (χ4n) is 2.55. The molecule has 2 rings (SSSR count). The molecule has 0 saturated carbocycles. The Labute approximate surface area is 115 Å². The second kappa shape index (κ2) is 5.51. The largest absolute Gasteiger partial charge is 0.496 e. The highest BCUT2D eigenvalue weighted by atomic mass is 32.2. The van der Waals surface area contributed by atoms with Crippen molar-refractivity contribution in [2.75, 3.05) is 25.7 Å². The van der Waals surface area contributed by atoms with Gasteiger partial charge in [-0.1, -0.05) is 17.7 Å². The van der Waals surface area contributed by atoms with Gasteiger partial charge in [0.25, 0.3) is 0 Å². The number of rotatable bonds is 4. The smallest absolute Gasteiger partial charge is 0.151 e. The highest BCUT2D eigenvalue weighted by Gasteiger charge is 2.30. The molecule has 4 nitrogen and oxygen atoms in total. The van der Waals surface area contributed by atoms with Gasteiger partial charge in [0.15, 0.2) is 9.84 Å². The van der Waals surface area contributed by atoms with Gasteiger partial charge in [-0.05, 0) is 26.5 Å². The number of hydrogen-bond donors (Lipinski definition) is 0. The lowest BCUT2D eigenvalue weighted by Gasteiger charge is -2.24. The normalized spacial score (nSPS) is 21.8. The SMILES string of the molecule is COc1ccc(C)cc1CN(C)C1CCS(=O)(=O)C1. The average Bonchev–Trinajstić information content (AvgIpc) is 2.70. The van der Waals surface area contributed by atoms with Crippen molar-refractivity contribution in [3.05, 3.63) is 29.3 Å². The molecule has 5 heteroatoms. The standard InChI is InChI=1S/C14H21NO3S/c1-11-4-5-14(18-3)12(8-11)9-15(2)13-6-7-19(16,17)10-13/h4-5,8,13H,6-7,9-10H2,1-3H3. The van der Waals surface area contributed by atoms with Crippen LogP contribution in [0.25, 0.3) is 0 Å². The van der Waals surface area contributed by atoms with Crippen LogP contribution >= 0.6 is 0 Å². The zero-order chi connectivity index (χ0) is 14.0. The number of methoxy groups -OCH3 is 1. The predicted octanol–water partition coefficient (Wildman–Crippen LogP) is 1.62. The van der Waals surface area contributed by atoms with Crippen LogP contribution in [0, 0.1) is 6.92 Å². The molecular weight excluding hydrogens is 262 g/mol. The molecule has 0 aliphatic carbocycles. The maximum atomic E-state index is 11.5. The van der Waals surface area contributed by atoms with E-state index in [-0.39, 0.29) is 11.8 Å². The van der Waals surface area contributed by atoms with E-state index in [1.165, 1.54) is 5.56 Å². The summed E-state index contributed by atoms with van der Waals surface area (Å²) in [7, 11) is 0.811. The van der Waals surface area contributed by atoms with E-state index in [0.717, 1.165) is 17.7 Å². The Balaban J connectivity index is 2.11. The first-order chi connectivity index (χ1) is 8.91. The van der Waals surface area contributed by atoms with Gasteiger partial charge in [0.2, 0.25) is 0 Å². The van der Waals surface area contributed by atoms with Crippen molar-refractivity contribution < 1.29 is 13.2 Å². The first-order valence-electron chi connectivity index (χ1n) is 6.45. The summed E-state index contributed by atoms with van der Waals surface area (Å²) in [6.45, 7) is 2.76. The van der Waals surface area contributed by atoms with Crippen LogP contribution in [-0.4, -0.2) is 45.0 Å². The molecule has 0 amide bonds. The molecule has 1 aliphatic rings. The molecule has 1 fully saturated rings. The van der Waals surface area contributed by atoms with Crippen LogP contribution in [0.1, 0.15) is 17.5 Å². The highest BCUT2D eigenvalue weighted by Crippen LogP contribution is 2.24. The second-order valence-electron chi connectivity index (χ2n) is 5.29. The lowest BCUT2D eigenvalue weighted by molar-refractivity contribution is 0.250. The van der Waals surface area contributed by atoms with Crippen molar-refractivity contribution in [3.8, 4) is 5.75 Å². The first-order valence-corrected chi connectivity index (χ1v) is 8.27. The summed E-state index contributed by atoms with van der Waals surface area (Å²) < 4.78 is 28.4. The van der Waals surface area contributed by atoms with E-state index in [0.29, 0.717) is 12.3 Å². The van der Waals surface area contributed by atoms with Gasteiger partial charge < -0.3 is 4.74 Å². The number of nitrogens with zero attached hydrogens (tertiary/aromatic N) is 1. The Bertz CT molecular complexity index is 554. The van der Waals surface area contributed by atoms with E-state index < -0.39 is 9.84 Å². The number of hydrogen-bond acceptors (Lipinski definition) is 4. The van der Waals surface area contributed by atoms with E-state index in [9.17, 15) is 8.42 Å². The van der Waals surface area contributed by atoms with E-state index in [1.54, 1.807) is 7.11 Å². The quantitative estimate of drug-likeness (QED) is 0.842. The summed E-state index contributed by atoms with van der Waals surface area (Å²) >= 11 is 0. The zero-order valence-corrected chi connectivity index (χ0v) is 12.5. The second-order valence-corrected chi connectivity index (χ2v) is 7.52. The Hall–Kier alpha value is -1.07. The van der Waals surface area contributed by atoms with Crippen LogP contribution in [0.5, 0.6) is 5.75 Å². The third-order valence-corrected chi connectivity index (χ3v) is 5.44. The Morgan fingerprint density at radius 2 is 2.16 bits per heavy atom. The molecule has 1 unspecified atom stereocenters. The minimum Gasteiger partial charge on any atom is -0.496 e. The summed E-state index contributed by atoms with van der Waals surface area (Å²) in [6.07, 6.45) is 0.729. The van der Waals surface area contributed by atoms with Gasteiger partial charge >= 0.3 is 0 Å². The third-order valence-electron chi connectivity index (χ3n) is 3.69. The lowest BCUT2D eigenvalue weighted by atomic mass is 10.1. The van der Waals surface area contributed by atoms with Gasteiger partial charge in [0.05, 0.1) is 18.6 Å². The van der Waals surface area contributed by atoms with Crippen molar-refractivity contribution in [2.45, 2.75) is 25.9 Å². The molecule has 106 valence electrons. The molecule has 0 N–H and O–H groups in total. The summed E-state index contributed by atoms with van der Waals surface area (Å²) in [4.78, 5) is 2.11. The third kappa shape index (κ3) is 3.48. The molecule has 0 bridgehead atoms. The van der Waals surface area contributed by atoms with Gasteiger partial charge in [-0.15, -0.1) is 0 Å². The van der Waals surface area contributed by atoms with E-state index in [4.69, 9.17) is 4.74 Å². The van der Waals surface area contributed by atoms with Crippen LogP contribution in [0.2, 0.25) is 0 Å². The van der Waals surface area contributed by atoms with Crippen LogP contribution in [-0.2, 0) is 16.4 Å². The number of sulfone groups is 1. The van der Waals surface area contributed by atoms with Crippen molar-refractivity contribution in [1.82, 2.24) is 4.90 Å². The summed E-state index contributed by atoms with van der Waals surface area (Å²) in [5, 5.41) is 0. The minimum atomic E-state index is -2.83. The van der Waals surface area contributed by atoms with Gasteiger partial charge in [-0.2, -0.15) is 0 Å². The van der Waals surface area contributed by atoms with Crippen LogP contribution in [0.4, 0.5) is 0 Å². The topological polar surface area (TPSA) is 46.6 Å². The molecule has 0 radical (unpaired) electrons. The molecule has 1 aliphatic heterocycles. The molecule has 0 spiro atoms. The highest BCUT2D eigenvalue weighted by molar-refractivity contribution is 7.91. The van der Waals surface area contributed by atoms with E-state index in [2.05, 4.69) is 11.0 Å². The predicted molar refractivity (Wildman–Crippen MR) is 76.3 cm³/mol. The van der Waals surface area contributed by atoms with Crippen LogP contribution < -0.4 is 4.74 Å². The molecule has 1 aromatic rings. The van der Waals surface area contributed by atoms with Crippen molar-refractivity contribution >= 4 is 9.84 Å². The van der Waals surface area contributed by atoms with E-state index >= 15 is 0 Å². The Morgan fingerprint density at radius 1 is 1.42 bits per heavy atom. The van der Waals surface area contributed by atoms with E-state index in [1.807, 2.05) is 26.1 Å². The summed E-state index contributed by atoms with van der Waals surface area (Å²) in [6, 6.07) is 6.20. The van der Waals surface area contributed by atoms with Crippen LogP contribution in [0.3, 0.4) is 0 Å². The van der Waals surface area contributed by atoms with Crippen molar-refractivity contribution in [2.24, 2.45) is 0 Å². The monoisotopic (exact) mass is 283 g/mol. The Kier molecular flexibility index (Phi) is 4.16. The van der Waals surface area contributed by atoms with Crippen molar-refractivity contribution in [1.29, 1.82) is 0 Å². The molecular formula is C14H21NO3S. The first kappa shape index (κ1) is 14.3. The average molecular weight is 283 g/mol. The summed E-state index contributed by atoms with van der Waals surface area (Å²) in [5.74, 6) is 1.45. The molecule has 1 saturated heterocycles. The summed E-state index contributed by atoms with van der Waals surface area (Å²) in [5.41, 5.74) is 2.29. The molecule has 1 atom stereocenters. The van der Waals surface area contributed by atoms with Crippen LogP contribution in [0.15, 0.2) is 18.2 Å². The molecule has 0 aromatic heterocycles. The molecule has 1 heterocycles. The minimum absolute atomic E-state index is 0.121. The van der Waals surface area contributed by atoms with Crippen molar-refractivity contribution in [3.63, 3.8) is 0 Å². The van der Waals surface area contributed by atoms with Gasteiger partial charge in [0, 0.05) is 18.2 Å². The zero-order valence-electron chi connectivity index (χ0n) is 11.7. The fraction of sp³-hybridized carbons (Fsp3) is 0.571. The fourth-order valence-corrected chi connectivity index (χ4v) is 4.36. The number of benzene rings is 1. The number of ether oxygens (including phenoxy) is 1. The Morgan fingerprint density at radius 3 is 2.74 bits per heavy atom. The maximum absolute atomic E-state index is 11.5. The molecule has 1 aromatic carbocycles. The van der Waals surface area contributed by atoms with Gasteiger partial charge in [0.1, 0.15) is 5.75 Å². The molecule has 19 heavy (non-hydrogen) atoms.